The summed E-state index contributed by atoms with van der Waals surface area (Å²) in [7, 11) is 1.70. The summed E-state index contributed by atoms with van der Waals surface area (Å²) in [6, 6.07) is 0. The van der Waals surface area contributed by atoms with Crippen LogP contribution in [0.1, 0.15) is 18.9 Å². The maximum absolute atomic E-state index is 5.67. The third kappa shape index (κ3) is 3.08. The molecule has 2 aromatic heterocycles. The van der Waals surface area contributed by atoms with E-state index < -0.39 is 0 Å². The number of hydrogen-bond acceptors (Lipinski definition) is 5. The van der Waals surface area contributed by atoms with Crippen LogP contribution in [0.2, 0.25) is 0 Å². The van der Waals surface area contributed by atoms with Crippen LogP contribution >= 0.6 is 0 Å². The van der Waals surface area contributed by atoms with Crippen LogP contribution in [0.3, 0.4) is 0 Å². The van der Waals surface area contributed by atoms with E-state index in [4.69, 9.17) is 9.47 Å². The number of methoxy groups -OCH3 is 1. The normalized spacial score (nSPS) is 18.5. The van der Waals surface area contributed by atoms with Crippen molar-refractivity contribution in [2.75, 3.05) is 44.9 Å². The van der Waals surface area contributed by atoms with Gasteiger partial charge in [-0.1, -0.05) is 6.92 Å². The van der Waals surface area contributed by atoms with Crippen LogP contribution in [0, 0.1) is 5.92 Å². The molecule has 0 bridgehead atoms. The van der Waals surface area contributed by atoms with Crippen LogP contribution in [0.5, 0.6) is 0 Å². The quantitative estimate of drug-likeness (QED) is 0.793. The molecule has 0 aliphatic carbocycles. The predicted molar refractivity (Wildman–Crippen MR) is 86.3 cm³/mol. The van der Waals surface area contributed by atoms with Crippen LogP contribution < -0.4 is 4.90 Å². The highest BCUT2D eigenvalue weighted by Gasteiger charge is 2.26. The van der Waals surface area contributed by atoms with Gasteiger partial charge in [-0.15, -0.1) is 0 Å². The second kappa shape index (κ2) is 7.07. The molecule has 0 radical (unpaired) electrons. The van der Waals surface area contributed by atoms with E-state index in [1.54, 1.807) is 13.4 Å². The molecule has 3 rings (SSSR count). The van der Waals surface area contributed by atoms with E-state index >= 15 is 0 Å². The first kappa shape index (κ1) is 15.2. The Morgan fingerprint density at radius 2 is 2.27 bits per heavy atom. The number of hydrogen-bond donors (Lipinski definition) is 1. The summed E-state index contributed by atoms with van der Waals surface area (Å²) in [5, 5.41) is 1.17. The Bertz CT molecular complexity index is 613. The maximum atomic E-state index is 5.67. The summed E-state index contributed by atoms with van der Waals surface area (Å²) in [5.41, 5.74) is 2.21. The van der Waals surface area contributed by atoms with Crippen molar-refractivity contribution in [3.05, 3.63) is 18.1 Å². The first-order chi connectivity index (χ1) is 10.8. The Labute approximate surface area is 130 Å². The standard InChI is InChI=1S/C16H24N4O2/c1-3-13-8-17-15-14(13)16(19-11-18-15)20-5-4-12(9-20)10-22-7-6-21-2/h8,11-12H,3-7,9-10H2,1-2H3,(H,17,18,19). The van der Waals surface area contributed by atoms with E-state index in [1.807, 2.05) is 6.20 Å². The molecule has 3 heterocycles. The molecule has 0 amide bonds. The van der Waals surface area contributed by atoms with E-state index in [1.165, 1.54) is 10.9 Å². The summed E-state index contributed by atoms with van der Waals surface area (Å²) in [5.74, 6) is 1.62. The van der Waals surface area contributed by atoms with Crippen LogP contribution in [0.15, 0.2) is 12.5 Å². The molecule has 0 spiro atoms. The number of aryl methyl sites for hydroxylation is 1. The molecule has 22 heavy (non-hydrogen) atoms. The third-order valence-corrected chi connectivity index (χ3v) is 4.28. The van der Waals surface area contributed by atoms with Gasteiger partial charge in [0.1, 0.15) is 17.8 Å². The van der Waals surface area contributed by atoms with Crippen molar-refractivity contribution in [3.63, 3.8) is 0 Å². The molecular weight excluding hydrogens is 280 g/mol. The molecule has 0 aromatic carbocycles. The number of H-pyrrole nitrogens is 1. The molecule has 1 N–H and O–H groups in total. The first-order valence-corrected chi connectivity index (χ1v) is 7.96. The molecule has 1 aliphatic heterocycles. The van der Waals surface area contributed by atoms with E-state index in [-0.39, 0.29) is 0 Å². The monoisotopic (exact) mass is 304 g/mol. The maximum Gasteiger partial charge on any atom is 0.143 e. The van der Waals surface area contributed by atoms with Crippen molar-refractivity contribution in [1.82, 2.24) is 15.0 Å². The number of aromatic nitrogens is 3. The third-order valence-electron chi connectivity index (χ3n) is 4.28. The van der Waals surface area contributed by atoms with E-state index in [0.717, 1.165) is 44.0 Å². The fourth-order valence-corrected chi connectivity index (χ4v) is 3.08. The van der Waals surface area contributed by atoms with Gasteiger partial charge in [0.25, 0.3) is 0 Å². The van der Waals surface area contributed by atoms with Gasteiger partial charge in [-0.05, 0) is 18.4 Å². The zero-order valence-corrected chi connectivity index (χ0v) is 13.3. The first-order valence-electron chi connectivity index (χ1n) is 7.96. The summed E-state index contributed by atoms with van der Waals surface area (Å²) in [4.78, 5) is 14.5. The van der Waals surface area contributed by atoms with Crippen molar-refractivity contribution in [2.45, 2.75) is 19.8 Å². The van der Waals surface area contributed by atoms with Crippen molar-refractivity contribution in [1.29, 1.82) is 0 Å². The van der Waals surface area contributed by atoms with Gasteiger partial charge in [0, 0.05) is 32.3 Å². The molecule has 2 aromatic rings. The number of rotatable bonds is 7. The lowest BCUT2D eigenvalue weighted by Gasteiger charge is -2.18. The van der Waals surface area contributed by atoms with Gasteiger partial charge in [0.05, 0.1) is 25.2 Å². The molecular formula is C16H24N4O2. The Morgan fingerprint density at radius 1 is 1.36 bits per heavy atom. The minimum atomic E-state index is 0.561. The minimum absolute atomic E-state index is 0.561. The fraction of sp³-hybridized carbons (Fsp3) is 0.625. The van der Waals surface area contributed by atoms with E-state index in [2.05, 4.69) is 26.8 Å². The summed E-state index contributed by atoms with van der Waals surface area (Å²) in [6.45, 7) is 6.30. The lowest BCUT2D eigenvalue weighted by atomic mass is 10.1. The predicted octanol–water partition coefficient (Wildman–Crippen LogP) is 2.01. The molecule has 6 nitrogen and oxygen atoms in total. The molecule has 1 atom stereocenters. The number of ether oxygens (including phenoxy) is 2. The summed E-state index contributed by atoms with van der Waals surface area (Å²) < 4.78 is 10.7. The smallest absolute Gasteiger partial charge is 0.143 e. The van der Waals surface area contributed by atoms with E-state index in [0.29, 0.717) is 19.1 Å². The summed E-state index contributed by atoms with van der Waals surface area (Å²) >= 11 is 0. The zero-order valence-electron chi connectivity index (χ0n) is 13.3. The average molecular weight is 304 g/mol. The molecule has 6 heteroatoms. The van der Waals surface area contributed by atoms with Crippen LogP contribution in [0.4, 0.5) is 5.82 Å². The van der Waals surface area contributed by atoms with Crippen LogP contribution in [-0.4, -0.2) is 55.0 Å². The van der Waals surface area contributed by atoms with Gasteiger partial charge in [0.15, 0.2) is 0 Å². The van der Waals surface area contributed by atoms with Gasteiger partial charge < -0.3 is 19.4 Å². The average Bonchev–Trinajstić information content (AvgIpc) is 3.18. The zero-order chi connectivity index (χ0) is 15.4. The molecule has 1 saturated heterocycles. The highest BCUT2D eigenvalue weighted by molar-refractivity contribution is 5.90. The number of nitrogens with zero attached hydrogens (tertiary/aromatic N) is 3. The van der Waals surface area contributed by atoms with Crippen molar-refractivity contribution in [3.8, 4) is 0 Å². The Hall–Kier alpha value is -1.66. The van der Waals surface area contributed by atoms with Gasteiger partial charge in [0.2, 0.25) is 0 Å². The lowest BCUT2D eigenvalue weighted by molar-refractivity contribution is 0.0549. The Morgan fingerprint density at radius 3 is 3.09 bits per heavy atom. The molecule has 0 saturated carbocycles. The molecule has 120 valence electrons. The lowest BCUT2D eigenvalue weighted by Crippen LogP contribution is -2.23. The van der Waals surface area contributed by atoms with Gasteiger partial charge >= 0.3 is 0 Å². The molecule has 1 fully saturated rings. The highest BCUT2D eigenvalue weighted by Crippen LogP contribution is 2.30. The number of anilines is 1. The van der Waals surface area contributed by atoms with Gasteiger partial charge in [-0.2, -0.15) is 0 Å². The largest absolute Gasteiger partial charge is 0.382 e. The summed E-state index contributed by atoms with van der Waals surface area (Å²) in [6.07, 6.45) is 5.82. The second-order valence-electron chi connectivity index (χ2n) is 5.76. The number of fused-ring (bicyclic) bond motifs is 1. The van der Waals surface area contributed by atoms with Crippen molar-refractivity contribution >= 4 is 16.9 Å². The molecule has 1 unspecified atom stereocenters. The number of nitrogens with one attached hydrogen (secondary N) is 1. The van der Waals surface area contributed by atoms with Gasteiger partial charge in [-0.3, -0.25) is 0 Å². The van der Waals surface area contributed by atoms with E-state index in [9.17, 15) is 0 Å². The Kier molecular flexibility index (Phi) is 4.90. The van der Waals surface area contributed by atoms with Crippen LogP contribution in [-0.2, 0) is 15.9 Å². The SMILES string of the molecule is CCc1c[nH]c2ncnc(N3CCC(COCCOC)C3)c12. The topological polar surface area (TPSA) is 63.3 Å². The van der Waals surface area contributed by atoms with Crippen molar-refractivity contribution in [2.24, 2.45) is 5.92 Å². The molecule has 1 aliphatic rings. The second-order valence-corrected chi connectivity index (χ2v) is 5.76. The fourth-order valence-electron chi connectivity index (χ4n) is 3.08. The van der Waals surface area contributed by atoms with Gasteiger partial charge in [-0.25, -0.2) is 9.97 Å². The highest BCUT2D eigenvalue weighted by atomic mass is 16.5. The number of aromatic amines is 1. The van der Waals surface area contributed by atoms with Crippen LogP contribution in [0.25, 0.3) is 11.0 Å². The van der Waals surface area contributed by atoms with Crippen molar-refractivity contribution < 1.29 is 9.47 Å². The minimum Gasteiger partial charge on any atom is -0.382 e. The Balaban J connectivity index is 1.69.